The molecular formula is C14H19NO4. The third-order valence-electron chi connectivity index (χ3n) is 3.04. The van der Waals surface area contributed by atoms with Crippen LogP contribution >= 0.6 is 0 Å². The van der Waals surface area contributed by atoms with Crippen molar-refractivity contribution in [2.24, 2.45) is 0 Å². The molecule has 1 amide bonds. The number of carboxylic acids is 1. The lowest BCUT2D eigenvalue weighted by Crippen LogP contribution is -2.27. The number of aromatic carboxylic acids is 1. The maximum atomic E-state index is 11.9. The normalized spacial score (nSPS) is 11.9. The first-order valence-electron chi connectivity index (χ1n) is 6.08. The molecule has 0 saturated carbocycles. The van der Waals surface area contributed by atoms with Gasteiger partial charge >= 0.3 is 5.97 Å². The fourth-order valence-electron chi connectivity index (χ4n) is 1.58. The van der Waals surface area contributed by atoms with E-state index in [-0.39, 0.29) is 17.6 Å². The van der Waals surface area contributed by atoms with Crippen LogP contribution in [0.25, 0.3) is 0 Å². The van der Waals surface area contributed by atoms with Crippen molar-refractivity contribution < 1.29 is 19.4 Å². The minimum Gasteiger partial charge on any atom is -0.478 e. The number of ether oxygens (including phenoxy) is 1. The molecule has 5 heteroatoms. The first-order chi connectivity index (χ1) is 8.95. The summed E-state index contributed by atoms with van der Waals surface area (Å²) in [4.78, 5) is 24.2. The van der Waals surface area contributed by atoms with Crippen LogP contribution in [0, 0.1) is 0 Å². The highest BCUT2D eigenvalue weighted by Crippen LogP contribution is 2.15. The number of hydrogen-bond acceptors (Lipinski definition) is 3. The summed E-state index contributed by atoms with van der Waals surface area (Å²) in [5.74, 6) is -0.999. The summed E-state index contributed by atoms with van der Waals surface area (Å²) in [6.07, 6.45) is 1.10. The van der Waals surface area contributed by atoms with E-state index in [1.165, 1.54) is 17.0 Å². The van der Waals surface area contributed by atoms with Crippen LogP contribution in [0.15, 0.2) is 24.3 Å². The number of methoxy groups -OCH3 is 1. The Kier molecular flexibility index (Phi) is 5.51. The van der Waals surface area contributed by atoms with Crippen LogP contribution in [0.5, 0.6) is 0 Å². The lowest BCUT2D eigenvalue weighted by atomic mass is 10.1. The molecular weight excluding hydrogens is 246 g/mol. The molecule has 1 N–H and O–H groups in total. The smallest absolute Gasteiger partial charge is 0.335 e. The predicted octanol–water partition coefficient (Wildman–Crippen LogP) is 2.16. The van der Waals surface area contributed by atoms with Gasteiger partial charge in [0, 0.05) is 26.3 Å². The lowest BCUT2D eigenvalue weighted by molar-refractivity contribution is -0.118. The Hall–Kier alpha value is -1.88. The Morgan fingerprint density at radius 3 is 2.37 bits per heavy atom. The molecule has 0 aliphatic carbocycles. The number of hydrogen-bond donors (Lipinski definition) is 1. The monoisotopic (exact) mass is 265 g/mol. The largest absolute Gasteiger partial charge is 0.478 e. The molecule has 0 fully saturated rings. The number of anilines is 1. The molecule has 0 spiro atoms. The summed E-state index contributed by atoms with van der Waals surface area (Å²) in [6, 6.07) is 6.22. The maximum Gasteiger partial charge on any atom is 0.335 e. The van der Waals surface area contributed by atoms with Gasteiger partial charge in [0.25, 0.3) is 0 Å². The predicted molar refractivity (Wildman–Crippen MR) is 72.5 cm³/mol. The van der Waals surface area contributed by atoms with Gasteiger partial charge in [0.2, 0.25) is 5.91 Å². The molecule has 0 saturated heterocycles. The highest BCUT2D eigenvalue weighted by atomic mass is 16.5. The lowest BCUT2D eigenvalue weighted by Gasteiger charge is -2.18. The van der Waals surface area contributed by atoms with Gasteiger partial charge in [0.05, 0.1) is 11.7 Å². The number of carbonyl (C=O) groups is 2. The second-order valence-electron chi connectivity index (χ2n) is 4.39. The van der Waals surface area contributed by atoms with E-state index in [0.717, 1.165) is 0 Å². The molecule has 0 aliphatic heterocycles. The third kappa shape index (κ3) is 4.37. The Balaban J connectivity index is 2.63. The first kappa shape index (κ1) is 15.2. The van der Waals surface area contributed by atoms with Gasteiger partial charge in [0.15, 0.2) is 0 Å². The van der Waals surface area contributed by atoms with Crippen molar-refractivity contribution in [1.82, 2.24) is 0 Å². The molecule has 0 heterocycles. The number of nitrogens with zero attached hydrogens (tertiary/aromatic N) is 1. The molecule has 1 rings (SSSR count). The molecule has 0 radical (unpaired) electrons. The van der Waals surface area contributed by atoms with Crippen LogP contribution in [0.1, 0.15) is 30.1 Å². The quantitative estimate of drug-likeness (QED) is 0.856. The highest BCUT2D eigenvalue weighted by Gasteiger charge is 2.13. The maximum absolute atomic E-state index is 11.9. The van der Waals surface area contributed by atoms with Crippen molar-refractivity contribution in [3.8, 4) is 0 Å². The molecule has 1 unspecified atom stereocenters. The van der Waals surface area contributed by atoms with Crippen molar-refractivity contribution in [3.05, 3.63) is 29.8 Å². The minimum atomic E-state index is -0.977. The Labute approximate surface area is 112 Å². The Morgan fingerprint density at radius 1 is 1.32 bits per heavy atom. The SMILES string of the molecule is COC(C)CCC(=O)N(C)c1ccc(C(=O)O)cc1. The zero-order valence-corrected chi connectivity index (χ0v) is 11.4. The summed E-state index contributed by atoms with van der Waals surface area (Å²) in [6.45, 7) is 1.91. The fraction of sp³-hybridized carbons (Fsp3) is 0.429. The zero-order chi connectivity index (χ0) is 14.4. The first-order valence-corrected chi connectivity index (χ1v) is 6.08. The van der Waals surface area contributed by atoms with Gasteiger partial charge < -0.3 is 14.7 Å². The molecule has 0 aliphatic rings. The van der Waals surface area contributed by atoms with Gasteiger partial charge in [-0.05, 0) is 37.6 Å². The standard InChI is InChI=1S/C14H19NO4/c1-10(19-3)4-9-13(16)15(2)12-7-5-11(6-8-12)14(17)18/h5-8,10H,4,9H2,1-3H3,(H,17,18). The minimum absolute atomic E-state index is 0.0213. The summed E-state index contributed by atoms with van der Waals surface area (Å²) in [5, 5.41) is 8.80. The van der Waals surface area contributed by atoms with E-state index >= 15 is 0 Å². The van der Waals surface area contributed by atoms with E-state index in [2.05, 4.69) is 0 Å². The number of benzene rings is 1. The summed E-state index contributed by atoms with van der Waals surface area (Å²) < 4.78 is 5.09. The van der Waals surface area contributed by atoms with Crippen LogP contribution in [0.3, 0.4) is 0 Å². The van der Waals surface area contributed by atoms with Crippen LogP contribution in [-0.2, 0) is 9.53 Å². The average Bonchev–Trinajstić information content (AvgIpc) is 2.43. The van der Waals surface area contributed by atoms with Gasteiger partial charge in [-0.1, -0.05) is 0 Å². The van der Waals surface area contributed by atoms with Crippen molar-refractivity contribution >= 4 is 17.6 Å². The van der Waals surface area contributed by atoms with Gasteiger partial charge in [-0.3, -0.25) is 4.79 Å². The van der Waals surface area contributed by atoms with Crippen LogP contribution in [0.2, 0.25) is 0 Å². The average molecular weight is 265 g/mol. The van der Waals surface area contributed by atoms with Crippen LogP contribution in [-0.4, -0.2) is 37.2 Å². The second kappa shape index (κ2) is 6.89. The molecule has 0 bridgehead atoms. The van der Waals surface area contributed by atoms with E-state index in [1.807, 2.05) is 6.92 Å². The van der Waals surface area contributed by atoms with Crippen LogP contribution in [0.4, 0.5) is 5.69 Å². The summed E-state index contributed by atoms with van der Waals surface area (Å²) >= 11 is 0. The summed E-state index contributed by atoms with van der Waals surface area (Å²) in [5.41, 5.74) is 0.887. The van der Waals surface area contributed by atoms with Crippen molar-refractivity contribution in [1.29, 1.82) is 0 Å². The van der Waals surface area contributed by atoms with Gasteiger partial charge in [-0.15, -0.1) is 0 Å². The van der Waals surface area contributed by atoms with Crippen molar-refractivity contribution in [2.45, 2.75) is 25.9 Å². The van der Waals surface area contributed by atoms with Gasteiger partial charge in [0.1, 0.15) is 0 Å². The highest BCUT2D eigenvalue weighted by molar-refractivity contribution is 5.94. The Morgan fingerprint density at radius 2 is 1.89 bits per heavy atom. The summed E-state index contributed by atoms with van der Waals surface area (Å²) in [7, 11) is 3.29. The molecule has 19 heavy (non-hydrogen) atoms. The van der Waals surface area contributed by atoms with E-state index in [0.29, 0.717) is 18.5 Å². The topological polar surface area (TPSA) is 66.8 Å². The van der Waals surface area contributed by atoms with E-state index in [1.54, 1.807) is 26.3 Å². The van der Waals surface area contributed by atoms with Gasteiger partial charge in [-0.2, -0.15) is 0 Å². The van der Waals surface area contributed by atoms with E-state index in [4.69, 9.17) is 9.84 Å². The fourth-order valence-corrected chi connectivity index (χ4v) is 1.58. The Bertz CT molecular complexity index is 441. The third-order valence-corrected chi connectivity index (χ3v) is 3.04. The molecule has 0 aromatic heterocycles. The number of amides is 1. The van der Waals surface area contributed by atoms with E-state index < -0.39 is 5.97 Å². The second-order valence-corrected chi connectivity index (χ2v) is 4.39. The molecule has 1 atom stereocenters. The number of carboxylic acid groups (broad SMARTS) is 1. The number of carbonyl (C=O) groups excluding carboxylic acids is 1. The van der Waals surface area contributed by atoms with E-state index in [9.17, 15) is 9.59 Å². The zero-order valence-electron chi connectivity index (χ0n) is 11.4. The van der Waals surface area contributed by atoms with Crippen molar-refractivity contribution in [3.63, 3.8) is 0 Å². The van der Waals surface area contributed by atoms with Crippen LogP contribution < -0.4 is 4.90 Å². The molecule has 1 aromatic carbocycles. The molecule has 1 aromatic rings. The van der Waals surface area contributed by atoms with Gasteiger partial charge in [-0.25, -0.2) is 4.79 Å². The number of rotatable bonds is 6. The molecule has 104 valence electrons. The molecule has 5 nitrogen and oxygen atoms in total. The van der Waals surface area contributed by atoms with Crippen molar-refractivity contribution in [2.75, 3.05) is 19.1 Å².